The third kappa shape index (κ3) is 3.44. The molecule has 0 spiro atoms. The smallest absolute Gasteiger partial charge is 0.220 e. The number of rotatable bonds is 5. The minimum Gasteiger partial charge on any atom is -0.377 e. The Hall–Kier alpha value is -3.34. The number of nitrogens with two attached hydrogens (primary N) is 1. The van der Waals surface area contributed by atoms with Gasteiger partial charge in [-0.3, -0.25) is 4.79 Å². The van der Waals surface area contributed by atoms with Crippen molar-refractivity contribution in [1.82, 2.24) is 9.97 Å². The van der Waals surface area contributed by atoms with Gasteiger partial charge in [0.05, 0.1) is 0 Å². The van der Waals surface area contributed by atoms with Crippen LogP contribution in [0.1, 0.15) is 30.4 Å². The van der Waals surface area contributed by atoms with E-state index in [4.69, 9.17) is 5.73 Å². The number of pyridine rings is 1. The van der Waals surface area contributed by atoms with Crippen LogP contribution in [0.4, 0.5) is 5.69 Å². The van der Waals surface area contributed by atoms with E-state index in [1.54, 1.807) is 0 Å². The van der Waals surface area contributed by atoms with E-state index < -0.39 is 0 Å². The van der Waals surface area contributed by atoms with E-state index in [1.165, 1.54) is 11.1 Å². The summed E-state index contributed by atoms with van der Waals surface area (Å²) in [6.07, 6.45) is 10.2. The molecule has 2 aromatic heterocycles. The van der Waals surface area contributed by atoms with Gasteiger partial charge >= 0.3 is 0 Å². The van der Waals surface area contributed by atoms with Crippen LogP contribution in [0.3, 0.4) is 0 Å². The number of hydrogen-bond donors (Lipinski definition) is 2. The van der Waals surface area contributed by atoms with E-state index in [2.05, 4.69) is 51.8 Å². The summed E-state index contributed by atoms with van der Waals surface area (Å²) in [4.78, 5) is 21.5. The number of aromatic amines is 1. The monoisotopic (exact) mass is 386 g/mol. The number of allylic oxidation sites excluding steroid dienone is 2. The van der Waals surface area contributed by atoms with Crippen LogP contribution in [0.2, 0.25) is 0 Å². The summed E-state index contributed by atoms with van der Waals surface area (Å²) in [6.45, 7) is 3.99. The zero-order valence-corrected chi connectivity index (χ0v) is 16.9. The quantitative estimate of drug-likeness (QED) is 0.672. The summed E-state index contributed by atoms with van der Waals surface area (Å²) in [5.41, 5.74) is 13.2. The lowest BCUT2D eigenvalue weighted by molar-refractivity contribution is -0.121. The Morgan fingerprint density at radius 2 is 2.17 bits per heavy atom. The maximum atomic E-state index is 11.6. The summed E-state index contributed by atoms with van der Waals surface area (Å²) < 4.78 is 0. The molecular weight excluding hydrogens is 360 g/mol. The Morgan fingerprint density at radius 3 is 2.83 bits per heavy atom. The maximum Gasteiger partial charge on any atom is 0.220 e. The van der Waals surface area contributed by atoms with Gasteiger partial charge in [0.2, 0.25) is 5.91 Å². The molecule has 5 heteroatoms. The van der Waals surface area contributed by atoms with Gasteiger partial charge < -0.3 is 15.6 Å². The van der Waals surface area contributed by atoms with Crippen molar-refractivity contribution < 1.29 is 4.79 Å². The zero-order valence-electron chi connectivity index (χ0n) is 16.9. The molecule has 1 unspecified atom stereocenters. The Kier molecular flexibility index (Phi) is 4.97. The van der Waals surface area contributed by atoms with Crippen LogP contribution in [-0.2, 0) is 4.79 Å². The van der Waals surface area contributed by atoms with Crippen molar-refractivity contribution >= 4 is 34.3 Å². The molecular formula is C24H26N4O. The van der Waals surface area contributed by atoms with Crippen molar-refractivity contribution in [3.8, 4) is 11.1 Å². The number of aromatic nitrogens is 2. The van der Waals surface area contributed by atoms with Crippen molar-refractivity contribution in [3.63, 3.8) is 0 Å². The summed E-state index contributed by atoms with van der Waals surface area (Å²) in [5.74, 6) is -0.283. The Labute approximate surface area is 170 Å². The molecule has 0 saturated carbocycles. The number of carbonyl (C=O) groups is 1. The minimum absolute atomic E-state index is 0.0718. The zero-order chi connectivity index (χ0) is 20.5. The fourth-order valence-corrected chi connectivity index (χ4v) is 4.19. The lowest BCUT2D eigenvalue weighted by atomic mass is 9.83. The first kappa shape index (κ1) is 19.0. The topological polar surface area (TPSA) is 75.0 Å². The van der Waals surface area contributed by atoms with E-state index in [9.17, 15) is 4.79 Å². The standard InChI is InChI=1S/C24H26N4O/c1-4-15-13-18(9-10-21(15)28(2)3)20-14-27-24-19(11-12-26-24)22(20)16-5-7-17(8-6-16)23(25)29/h4-5,9-14,17H,1,6-8H2,2-3H3,(H2,25,29)(H,26,27). The second-order valence-electron chi connectivity index (χ2n) is 7.76. The van der Waals surface area contributed by atoms with Crippen LogP contribution in [0.25, 0.3) is 33.8 Å². The number of nitrogens with zero attached hydrogens (tertiary/aromatic N) is 2. The first-order chi connectivity index (χ1) is 14.0. The molecule has 1 aliphatic carbocycles. The molecule has 0 bridgehead atoms. The molecule has 1 atom stereocenters. The second kappa shape index (κ2) is 7.59. The molecule has 4 rings (SSSR count). The number of fused-ring (bicyclic) bond motifs is 1. The second-order valence-corrected chi connectivity index (χ2v) is 7.76. The molecule has 29 heavy (non-hydrogen) atoms. The molecule has 1 aromatic carbocycles. The molecule has 1 aliphatic rings. The highest BCUT2D eigenvalue weighted by Crippen LogP contribution is 2.40. The molecule has 3 N–H and O–H groups in total. The van der Waals surface area contributed by atoms with Crippen LogP contribution >= 0.6 is 0 Å². The summed E-state index contributed by atoms with van der Waals surface area (Å²) in [6, 6.07) is 8.49. The molecule has 3 aromatic rings. The molecule has 5 nitrogen and oxygen atoms in total. The van der Waals surface area contributed by atoms with Gasteiger partial charge in [0.1, 0.15) is 5.65 Å². The normalized spacial score (nSPS) is 16.5. The summed E-state index contributed by atoms with van der Waals surface area (Å²) in [5, 5.41) is 1.10. The highest BCUT2D eigenvalue weighted by molar-refractivity contribution is 5.98. The molecule has 0 aliphatic heterocycles. The predicted octanol–water partition coefficient (Wildman–Crippen LogP) is 4.61. The molecule has 0 saturated heterocycles. The van der Waals surface area contributed by atoms with Crippen LogP contribution in [-0.4, -0.2) is 30.0 Å². The minimum atomic E-state index is -0.211. The summed E-state index contributed by atoms with van der Waals surface area (Å²) in [7, 11) is 4.06. The first-order valence-corrected chi connectivity index (χ1v) is 9.88. The van der Waals surface area contributed by atoms with E-state index in [0.29, 0.717) is 6.42 Å². The van der Waals surface area contributed by atoms with Gasteiger partial charge in [0, 0.05) is 49.0 Å². The number of amides is 1. The van der Waals surface area contributed by atoms with Crippen molar-refractivity contribution in [2.45, 2.75) is 19.3 Å². The summed E-state index contributed by atoms with van der Waals surface area (Å²) >= 11 is 0. The number of H-pyrrole nitrogens is 1. The van der Waals surface area contributed by atoms with Gasteiger partial charge in [-0.25, -0.2) is 4.98 Å². The average Bonchev–Trinajstić information content (AvgIpc) is 3.21. The predicted molar refractivity (Wildman–Crippen MR) is 120 cm³/mol. The van der Waals surface area contributed by atoms with Crippen molar-refractivity contribution in [2.75, 3.05) is 19.0 Å². The highest BCUT2D eigenvalue weighted by atomic mass is 16.1. The molecule has 2 heterocycles. The first-order valence-electron chi connectivity index (χ1n) is 9.88. The van der Waals surface area contributed by atoms with E-state index in [-0.39, 0.29) is 11.8 Å². The van der Waals surface area contributed by atoms with Gasteiger partial charge in [-0.05, 0) is 59.7 Å². The number of anilines is 1. The Morgan fingerprint density at radius 1 is 1.34 bits per heavy atom. The lowest BCUT2D eigenvalue weighted by Crippen LogP contribution is -2.24. The largest absolute Gasteiger partial charge is 0.377 e. The van der Waals surface area contributed by atoms with Crippen LogP contribution in [0, 0.1) is 5.92 Å². The van der Waals surface area contributed by atoms with Gasteiger partial charge in [0.15, 0.2) is 0 Å². The number of hydrogen-bond acceptors (Lipinski definition) is 3. The van der Waals surface area contributed by atoms with Crippen molar-refractivity contribution in [2.24, 2.45) is 11.7 Å². The van der Waals surface area contributed by atoms with E-state index >= 15 is 0 Å². The number of benzene rings is 1. The fraction of sp³-hybridized carbons (Fsp3) is 0.250. The number of nitrogens with one attached hydrogen (secondary N) is 1. The van der Waals surface area contributed by atoms with Crippen LogP contribution in [0.15, 0.2) is 49.3 Å². The van der Waals surface area contributed by atoms with Gasteiger partial charge in [-0.2, -0.15) is 0 Å². The number of carbonyl (C=O) groups excluding carboxylic acids is 1. The average molecular weight is 386 g/mol. The molecule has 0 fully saturated rings. The van der Waals surface area contributed by atoms with Gasteiger partial charge in [0.25, 0.3) is 0 Å². The van der Waals surface area contributed by atoms with E-state index in [1.807, 2.05) is 32.6 Å². The molecule has 148 valence electrons. The highest BCUT2D eigenvalue weighted by Gasteiger charge is 2.23. The fourth-order valence-electron chi connectivity index (χ4n) is 4.19. The van der Waals surface area contributed by atoms with Crippen molar-refractivity contribution in [3.05, 3.63) is 60.4 Å². The lowest BCUT2D eigenvalue weighted by Gasteiger charge is -2.22. The maximum absolute atomic E-state index is 11.6. The van der Waals surface area contributed by atoms with Crippen LogP contribution in [0.5, 0.6) is 0 Å². The number of primary amides is 1. The Bertz CT molecular complexity index is 1120. The van der Waals surface area contributed by atoms with E-state index in [0.717, 1.165) is 46.3 Å². The van der Waals surface area contributed by atoms with Gasteiger partial charge in [-0.1, -0.05) is 24.8 Å². The van der Waals surface area contributed by atoms with Gasteiger partial charge in [-0.15, -0.1) is 0 Å². The molecule has 1 amide bonds. The third-order valence-corrected chi connectivity index (χ3v) is 5.76. The third-order valence-electron chi connectivity index (χ3n) is 5.76. The van der Waals surface area contributed by atoms with Crippen molar-refractivity contribution in [1.29, 1.82) is 0 Å². The Balaban J connectivity index is 1.87. The SMILES string of the molecule is C=Cc1cc(-c2cnc3[nH]ccc3c2C2=CCC(C(N)=O)CC2)ccc1N(C)C. The molecule has 0 radical (unpaired) electrons. The van der Waals surface area contributed by atoms with Crippen LogP contribution < -0.4 is 10.6 Å².